The van der Waals surface area contributed by atoms with Crippen molar-refractivity contribution in [1.29, 1.82) is 0 Å². The van der Waals surface area contributed by atoms with Gasteiger partial charge in [-0.15, -0.1) is 0 Å². The van der Waals surface area contributed by atoms with Crippen LogP contribution in [0.2, 0.25) is 0 Å². The van der Waals surface area contributed by atoms with Gasteiger partial charge in [-0.3, -0.25) is 4.99 Å². The Labute approximate surface area is 151 Å². The van der Waals surface area contributed by atoms with E-state index in [1.54, 1.807) is 0 Å². The van der Waals surface area contributed by atoms with Gasteiger partial charge < -0.3 is 4.98 Å². The lowest BCUT2D eigenvalue weighted by Crippen LogP contribution is -2.11. The lowest BCUT2D eigenvalue weighted by atomic mass is 9.85. The number of aromatic amines is 1. The van der Waals surface area contributed by atoms with Gasteiger partial charge in [-0.1, -0.05) is 66.8 Å². The summed E-state index contributed by atoms with van der Waals surface area (Å²) >= 11 is 0. The lowest BCUT2D eigenvalue weighted by Gasteiger charge is -2.17. The van der Waals surface area contributed by atoms with Crippen molar-refractivity contribution in [3.05, 3.63) is 96.1 Å². The second-order valence-electron chi connectivity index (χ2n) is 6.83. The predicted molar refractivity (Wildman–Crippen MR) is 108 cm³/mol. The Morgan fingerprint density at radius 2 is 1.77 bits per heavy atom. The predicted octanol–water partition coefficient (Wildman–Crippen LogP) is 5.94. The van der Waals surface area contributed by atoms with E-state index in [2.05, 4.69) is 89.9 Å². The number of fused-ring (bicyclic) bond motifs is 6. The second-order valence-corrected chi connectivity index (χ2v) is 6.83. The molecule has 0 bridgehead atoms. The van der Waals surface area contributed by atoms with Gasteiger partial charge in [0.15, 0.2) is 0 Å². The van der Waals surface area contributed by atoms with E-state index in [4.69, 9.17) is 4.99 Å². The fraction of sp³-hybridized carbons (Fsp3) is 0.0417. The maximum Gasteiger partial charge on any atom is 0.0675 e. The number of benzene rings is 3. The number of aromatic nitrogens is 1. The summed E-state index contributed by atoms with van der Waals surface area (Å²) in [5.74, 6) is 0.248. The highest BCUT2D eigenvalue weighted by Crippen LogP contribution is 2.42. The molecule has 0 saturated carbocycles. The van der Waals surface area contributed by atoms with Crippen molar-refractivity contribution in [3.63, 3.8) is 0 Å². The zero-order valence-corrected chi connectivity index (χ0v) is 14.0. The Balaban J connectivity index is 1.52. The number of rotatable bonds is 1. The lowest BCUT2D eigenvalue weighted by molar-refractivity contribution is 1.19. The monoisotopic (exact) mass is 331 g/mol. The van der Waals surface area contributed by atoms with Crippen LogP contribution in [0, 0.1) is 6.07 Å². The van der Waals surface area contributed by atoms with E-state index in [-0.39, 0.29) is 5.92 Å². The zero-order valence-electron chi connectivity index (χ0n) is 14.0. The molecule has 4 aromatic rings. The molecule has 1 atom stereocenters. The first-order valence-corrected chi connectivity index (χ1v) is 8.88. The Bertz CT molecular complexity index is 1280. The molecule has 26 heavy (non-hydrogen) atoms. The van der Waals surface area contributed by atoms with Gasteiger partial charge in [-0.05, 0) is 23.3 Å². The molecule has 2 nitrogen and oxygen atoms in total. The van der Waals surface area contributed by atoms with Crippen LogP contribution >= 0.6 is 0 Å². The van der Waals surface area contributed by atoms with Crippen LogP contribution in [0.25, 0.3) is 27.4 Å². The molecule has 1 radical (unpaired) electrons. The van der Waals surface area contributed by atoms with Gasteiger partial charge in [-0.2, -0.15) is 0 Å². The highest BCUT2D eigenvalue weighted by atomic mass is 14.8. The molecule has 1 aromatic heterocycles. The zero-order chi connectivity index (χ0) is 17.1. The Morgan fingerprint density at radius 1 is 0.885 bits per heavy atom. The van der Waals surface area contributed by atoms with E-state index < -0.39 is 0 Å². The first-order valence-electron chi connectivity index (χ1n) is 8.88. The number of nitrogens with zero attached hydrogens (tertiary/aromatic N) is 1. The third-order valence-corrected chi connectivity index (χ3v) is 5.36. The van der Waals surface area contributed by atoms with E-state index in [0.29, 0.717) is 0 Å². The molecular weight excluding hydrogens is 316 g/mol. The Morgan fingerprint density at radius 3 is 2.77 bits per heavy atom. The molecule has 3 aromatic carbocycles. The van der Waals surface area contributed by atoms with Crippen LogP contribution in [0.3, 0.4) is 0 Å². The molecule has 0 spiro atoms. The van der Waals surface area contributed by atoms with Gasteiger partial charge >= 0.3 is 0 Å². The van der Waals surface area contributed by atoms with Crippen molar-refractivity contribution >= 4 is 38.8 Å². The molecule has 2 heteroatoms. The number of nitrogens with one attached hydrogen (secondary N) is 1. The molecule has 0 saturated heterocycles. The van der Waals surface area contributed by atoms with Crippen LogP contribution in [0.1, 0.15) is 17.0 Å². The van der Waals surface area contributed by atoms with Crippen LogP contribution in [0.15, 0.2) is 83.9 Å². The van der Waals surface area contributed by atoms with Gasteiger partial charge in [0.2, 0.25) is 0 Å². The summed E-state index contributed by atoms with van der Waals surface area (Å²) in [6, 6.07) is 24.7. The molecule has 1 N–H and O–H groups in total. The largest absolute Gasteiger partial charge is 0.354 e. The van der Waals surface area contributed by atoms with Crippen molar-refractivity contribution in [3.8, 4) is 0 Å². The van der Waals surface area contributed by atoms with E-state index in [0.717, 1.165) is 33.6 Å². The molecule has 1 aliphatic carbocycles. The van der Waals surface area contributed by atoms with Crippen molar-refractivity contribution in [1.82, 2.24) is 4.98 Å². The van der Waals surface area contributed by atoms with Crippen LogP contribution < -0.4 is 0 Å². The van der Waals surface area contributed by atoms with E-state index in [1.807, 2.05) is 0 Å². The Kier molecular flexibility index (Phi) is 2.69. The first kappa shape index (κ1) is 13.9. The summed E-state index contributed by atoms with van der Waals surface area (Å²) in [6.45, 7) is 0. The van der Waals surface area contributed by atoms with Crippen LogP contribution in [0.4, 0.5) is 5.69 Å². The topological polar surface area (TPSA) is 28.1 Å². The molecule has 1 aliphatic heterocycles. The summed E-state index contributed by atoms with van der Waals surface area (Å²) in [5, 5.41) is 2.45. The molecule has 1 unspecified atom stereocenters. The van der Waals surface area contributed by atoms with Gasteiger partial charge in [0.05, 0.1) is 16.9 Å². The highest BCUT2D eigenvalue weighted by molar-refractivity contribution is 6.31. The number of allylic oxidation sites excluding steroid dienone is 4. The van der Waals surface area contributed by atoms with Crippen molar-refractivity contribution in [2.24, 2.45) is 4.99 Å². The number of hydrogen-bond donors (Lipinski definition) is 1. The fourth-order valence-corrected chi connectivity index (χ4v) is 4.13. The van der Waals surface area contributed by atoms with E-state index in [9.17, 15) is 0 Å². The number of aliphatic imine (C=N–C) groups is 1. The first-order chi connectivity index (χ1) is 12.9. The van der Waals surface area contributed by atoms with Crippen LogP contribution in [0.5, 0.6) is 0 Å². The molecule has 2 aliphatic rings. The van der Waals surface area contributed by atoms with Gasteiger partial charge in [-0.25, -0.2) is 0 Å². The van der Waals surface area contributed by atoms with Gasteiger partial charge in [0.1, 0.15) is 0 Å². The van der Waals surface area contributed by atoms with Crippen molar-refractivity contribution in [2.45, 2.75) is 5.92 Å². The normalized spacial score (nSPS) is 17.9. The summed E-state index contributed by atoms with van der Waals surface area (Å²) < 4.78 is 0. The maximum atomic E-state index is 4.92. The SMILES string of the molecule is [c]1c(C2=CC=CC3C2=Nc2ccccc23)ccc2c1[nH]c1ccccc12. The Hall–Kier alpha value is -3.39. The minimum atomic E-state index is 0.248. The quantitative estimate of drug-likeness (QED) is 0.447. The summed E-state index contributed by atoms with van der Waals surface area (Å²) in [4.78, 5) is 8.41. The molecule has 2 heterocycles. The summed E-state index contributed by atoms with van der Waals surface area (Å²) in [5.41, 5.74) is 7.94. The van der Waals surface area contributed by atoms with E-state index >= 15 is 0 Å². The minimum Gasteiger partial charge on any atom is -0.354 e. The van der Waals surface area contributed by atoms with Gasteiger partial charge in [0, 0.05) is 33.8 Å². The van der Waals surface area contributed by atoms with Gasteiger partial charge in [0.25, 0.3) is 0 Å². The molecule has 6 rings (SSSR count). The number of H-pyrrole nitrogens is 1. The molecular formula is C24H15N2. The van der Waals surface area contributed by atoms with Crippen molar-refractivity contribution in [2.75, 3.05) is 0 Å². The molecule has 0 amide bonds. The fourth-order valence-electron chi connectivity index (χ4n) is 4.13. The molecule has 0 fully saturated rings. The third-order valence-electron chi connectivity index (χ3n) is 5.36. The maximum absolute atomic E-state index is 4.92. The summed E-state index contributed by atoms with van der Waals surface area (Å²) in [7, 11) is 0. The standard InChI is InChI=1S/C24H15N2/c1-3-10-21-17(6-1)19-13-12-15(14-23(19)25-21)16-8-5-9-20-18-7-2-4-11-22(18)26-24(16)20/h1-13,20,25H. The number of hydrogen-bond acceptors (Lipinski definition) is 1. The average molecular weight is 331 g/mol. The van der Waals surface area contributed by atoms with Crippen molar-refractivity contribution < 1.29 is 0 Å². The minimum absolute atomic E-state index is 0.248. The average Bonchev–Trinajstić information content (AvgIpc) is 3.25. The molecule has 121 valence electrons. The number of para-hydroxylation sites is 2. The third kappa shape index (κ3) is 1.84. The summed E-state index contributed by atoms with van der Waals surface area (Å²) in [6.07, 6.45) is 6.53. The smallest absolute Gasteiger partial charge is 0.0675 e. The van der Waals surface area contributed by atoms with E-state index in [1.165, 1.54) is 16.3 Å². The van der Waals surface area contributed by atoms with Crippen LogP contribution in [-0.4, -0.2) is 10.7 Å². The van der Waals surface area contributed by atoms with Crippen LogP contribution in [-0.2, 0) is 0 Å². The second kappa shape index (κ2) is 5.06. The highest BCUT2D eigenvalue weighted by Gasteiger charge is 2.29.